The zero-order valence-corrected chi connectivity index (χ0v) is 11.7. The Labute approximate surface area is 123 Å². The Kier molecular flexibility index (Phi) is 6.10. The molecule has 0 aromatic heterocycles. The summed E-state index contributed by atoms with van der Waals surface area (Å²) in [7, 11) is 0. The predicted molar refractivity (Wildman–Crippen MR) is 74.5 cm³/mol. The summed E-state index contributed by atoms with van der Waals surface area (Å²) in [5.74, 6) is 0. The second-order valence-electron chi connectivity index (χ2n) is 5.16. The molecule has 5 atom stereocenters. The van der Waals surface area contributed by atoms with Gasteiger partial charge < -0.3 is 29.9 Å². The summed E-state index contributed by atoms with van der Waals surface area (Å²) in [6, 6.07) is 9.93. The third-order valence-corrected chi connectivity index (χ3v) is 3.58. The van der Waals surface area contributed by atoms with Crippen molar-refractivity contribution in [2.75, 3.05) is 13.2 Å². The number of aliphatic hydroxyl groups is 4. The average molecular weight is 298 g/mol. The molecule has 118 valence electrons. The number of ether oxygens (including phenoxy) is 2. The third-order valence-electron chi connectivity index (χ3n) is 3.58. The lowest BCUT2D eigenvalue weighted by Crippen LogP contribution is -2.59. The van der Waals surface area contributed by atoms with E-state index in [0.717, 1.165) is 12.8 Å². The molecule has 1 aliphatic heterocycles. The Hall–Kier alpha value is -1.02. The van der Waals surface area contributed by atoms with Gasteiger partial charge in [-0.2, -0.15) is 0 Å². The van der Waals surface area contributed by atoms with Crippen LogP contribution in [-0.4, -0.2) is 64.3 Å². The first-order chi connectivity index (χ1) is 10.1. The standard InChI is InChI=1S/C15H22O6/c16-9-11-12(17)13(18)14(19)15(21-11)20-8-4-7-10-5-2-1-3-6-10/h1-3,5-6,11-19H,4,7-9H2. The Balaban J connectivity index is 1.77. The van der Waals surface area contributed by atoms with Crippen LogP contribution in [0.15, 0.2) is 30.3 Å². The van der Waals surface area contributed by atoms with E-state index in [0.29, 0.717) is 6.61 Å². The number of hydrogen-bond acceptors (Lipinski definition) is 6. The molecule has 0 aliphatic carbocycles. The van der Waals surface area contributed by atoms with Crippen molar-refractivity contribution in [3.8, 4) is 0 Å². The molecule has 0 radical (unpaired) electrons. The molecule has 6 heteroatoms. The van der Waals surface area contributed by atoms with Crippen LogP contribution in [0.4, 0.5) is 0 Å². The monoisotopic (exact) mass is 298 g/mol. The van der Waals surface area contributed by atoms with Crippen LogP contribution in [0.1, 0.15) is 12.0 Å². The number of aryl methyl sites for hydroxylation is 1. The van der Waals surface area contributed by atoms with Gasteiger partial charge in [-0.15, -0.1) is 0 Å². The van der Waals surface area contributed by atoms with Crippen LogP contribution in [-0.2, 0) is 15.9 Å². The van der Waals surface area contributed by atoms with Gasteiger partial charge in [-0.1, -0.05) is 30.3 Å². The van der Waals surface area contributed by atoms with Gasteiger partial charge in [0.2, 0.25) is 0 Å². The molecule has 1 heterocycles. The quantitative estimate of drug-likeness (QED) is 0.525. The Morgan fingerprint density at radius 3 is 2.38 bits per heavy atom. The van der Waals surface area contributed by atoms with E-state index in [1.807, 2.05) is 30.3 Å². The molecular formula is C15H22O6. The highest BCUT2D eigenvalue weighted by Crippen LogP contribution is 2.22. The van der Waals surface area contributed by atoms with Gasteiger partial charge in [-0.05, 0) is 18.4 Å². The van der Waals surface area contributed by atoms with Gasteiger partial charge in [-0.25, -0.2) is 0 Å². The topological polar surface area (TPSA) is 99.4 Å². The first kappa shape index (κ1) is 16.4. The molecule has 1 aliphatic rings. The van der Waals surface area contributed by atoms with Crippen molar-refractivity contribution in [3.05, 3.63) is 35.9 Å². The molecule has 1 aromatic carbocycles. The molecule has 0 saturated carbocycles. The summed E-state index contributed by atoms with van der Waals surface area (Å²) < 4.78 is 10.7. The van der Waals surface area contributed by atoms with Crippen LogP contribution >= 0.6 is 0 Å². The second-order valence-corrected chi connectivity index (χ2v) is 5.16. The van der Waals surface area contributed by atoms with Crippen LogP contribution < -0.4 is 0 Å². The molecule has 1 fully saturated rings. The molecule has 2 rings (SSSR count). The van der Waals surface area contributed by atoms with E-state index in [4.69, 9.17) is 14.6 Å². The lowest BCUT2D eigenvalue weighted by Gasteiger charge is -2.39. The summed E-state index contributed by atoms with van der Waals surface area (Å²) in [5, 5.41) is 38.1. The summed E-state index contributed by atoms with van der Waals surface area (Å²) in [6.07, 6.45) is -4.49. The van der Waals surface area contributed by atoms with E-state index >= 15 is 0 Å². The minimum atomic E-state index is -1.39. The fourth-order valence-corrected chi connectivity index (χ4v) is 2.33. The maximum absolute atomic E-state index is 9.80. The Morgan fingerprint density at radius 1 is 1.00 bits per heavy atom. The van der Waals surface area contributed by atoms with Crippen molar-refractivity contribution in [2.24, 2.45) is 0 Å². The normalized spacial score (nSPS) is 33.0. The predicted octanol–water partition coefficient (Wildman–Crippen LogP) is -0.564. The first-order valence-electron chi connectivity index (χ1n) is 7.09. The molecule has 0 spiro atoms. The van der Waals surface area contributed by atoms with Crippen molar-refractivity contribution in [1.29, 1.82) is 0 Å². The van der Waals surface area contributed by atoms with Crippen LogP contribution in [0.3, 0.4) is 0 Å². The Bertz CT molecular complexity index is 410. The molecule has 6 nitrogen and oxygen atoms in total. The smallest absolute Gasteiger partial charge is 0.186 e. The van der Waals surface area contributed by atoms with E-state index in [9.17, 15) is 15.3 Å². The van der Waals surface area contributed by atoms with Gasteiger partial charge >= 0.3 is 0 Å². The highest BCUT2D eigenvalue weighted by atomic mass is 16.7. The zero-order valence-electron chi connectivity index (χ0n) is 11.7. The lowest BCUT2D eigenvalue weighted by atomic mass is 9.99. The lowest BCUT2D eigenvalue weighted by molar-refractivity contribution is -0.301. The van der Waals surface area contributed by atoms with Gasteiger partial charge in [0.1, 0.15) is 24.4 Å². The summed E-state index contributed by atoms with van der Waals surface area (Å²) >= 11 is 0. The van der Waals surface area contributed by atoms with Gasteiger partial charge in [0, 0.05) is 0 Å². The summed E-state index contributed by atoms with van der Waals surface area (Å²) in [6.45, 7) is -0.105. The maximum Gasteiger partial charge on any atom is 0.186 e. The third kappa shape index (κ3) is 4.23. The van der Waals surface area contributed by atoms with Crippen molar-refractivity contribution in [2.45, 2.75) is 43.5 Å². The van der Waals surface area contributed by atoms with Crippen molar-refractivity contribution in [3.63, 3.8) is 0 Å². The van der Waals surface area contributed by atoms with E-state index in [1.165, 1.54) is 5.56 Å². The second kappa shape index (κ2) is 7.84. The van der Waals surface area contributed by atoms with Crippen LogP contribution in [0.5, 0.6) is 0 Å². The summed E-state index contributed by atoms with van der Waals surface area (Å²) in [5.41, 5.74) is 1.19. The largest absolute Gasteiger partial charge is 0.394 e. The van der Waals surface area contributed by atoms with Crippen molar-refractivity contribution in [1.82, 2.24) is 0 Å². The molecule has 5 unspecified atom stereocenters. The van der Waals surface area contributed by atoms with Gasteiger partial charge in [0.25, 0.3) is 0 Å². The van der Waals surface area contributed by atoms with Crippen molar-refractivity contribution >= 4 is 0 Å². The number of rotatable bonds is 6. The molecule has 4 N–H and O–H groups in total. The van der Waals surface area contributed by atoms with E-state index in [1.54, 1.807) is 0 Å². The SMILES string of the molecule is OCC1OC(OCCCc2ccccc2)C(O)C(O)C1O. The highest BCUT2D eigenvalue weighted by molar-refractivity contribution is 5.14. The fraction of sp³-hybridized carbons (Fsp3) is 0.600. The van der Waals surface area contributed by atoms with Crippen molar-refractivity contribution < 1.29 is 29.9 Å². The zero-order chi connectivity index (χ0) is 15.2. The maximum atomic E-state index is 9.80. The van der Waals surface area contributed by atoms with Gasteiger partial charge in [0.05, 0.1) is 13.2 Å². The Morgan fingerprint density at radius 2 is 1.71 bits per heavy atom. The molecule has 1 aromatic rings. The highest BCUT2D eigenvalue weighted by Gasteiger charge is 2.43. The van der Waals surface area contributed by atoms with E-state index < -0.39 is 37.3 Å². The minimum absolute atomic E-state index is 0.345. The number of aliphatic hydroxyl groups excluding tert-OH is 4. The van der Waals surface area contributed by atoms with E-state index in [2.05, 4.69) is 0 Å². The van der Waals surface area contributed by atoms with Gasteiger partial charge in [-0.3, -0.25) is 0 Å². The number of benzene rings is 1. The average Bonchev–Trinajstić information content (AvgIpc) is 2.52. The van der Waals surface area contributed by atoms with Crippen LogP contribution in [0, 0.1) is 0 Å². The molecule has 0 amide bonds. The molecule has 1 saturated heterocycles. The summed E-state index contributed by atoms with van der Waals surface area (Å²) in [4.78, 5) is 0. The molecule has 21 heavy (non-hydrogen) atoms. The molecular weight excluding hydrogens is 276 g/mol. The van der Waals surface area contributed by atoms with Crippen LogP contribution in [0.25, 0.3) is 0 Å². The fourth-order valence-electron chi connectivity index (χ4n) is 2.33. The molecule has 0 bridgehead atoms. The van der Waals surface area contributed by atoms with Crippen LogP contribution in [0.2, 0.25) is 0 Å². The van der Waals surface area contributed by atoms with Gasteiger partial charge in [0.15, 0.2) is 6.29 Å². The minimum Gasteiger partial charge on any atom is -0.394 e. The van der Waals surface area contributed by atoms with E-state index in [-0.39, 0.29) is 0 Å². The number of hydrogen-bond donors (Lipinski definition) is 4. The first-order valence-corrected chi connectivity index (χ1v) is 7.09.